The summed E-state index contributed by atoms with van der Waals surface area (Å²) in [6.45, 7) is 15.3. The average Bonchev–Trinajstić information content (AvgIpc) is 3.44. The summed E-state index contributed by atoms with van der Waals surface area (Å²) in [5.41, 5.74) is -0.848. The molecule has 306 valence electrons. The number of hydrogen-bond donors (Lipinski definition) is 6. The van der Waals surface area contributed by atoms with E-state index in [9.17, 15) is 33.6 Å². The van der Waals surface area contributed by atoms with E-state index in [1.807, 2.05) is 24.3 Å². The number of aromatic amines is 1. The predicted molar refractivity (Wildman–Crippen MR) is 204 cm³/mol. The van der Waals surface area contributed by atoms with Crippen LogP contribution in [0.3, 0.4) is 0 Å². The van der Waals surface area contributed by atoms with E-state index in [1.54, 1.807) is 68.5 Å². The van der Waals surface area contributed by atoms with Crippen LogP contribution in [0.5, 0.6) is 0 Å². The highest BCUT2D eigenvalue weighted by Gasteiger charge is 2.31. The number of carboxylic acids is 1. The number of ether oxygens (including phenoxy) is 3. The van der Waals surface area contributed by atoms with Crippen LogP contribution in [0.2, 0.25) is 0 Å². The molecule has 0 aliphatic carbocycles. The Labute approximate surface area is 322 Å². The number of esters is 3. The van der Waals surface area contributed by atoms with Gasteiger partial charge in [-0.1, -0.05) is 18.2 Å². The van der Waals surface area contributed by atoms with Crippen LogP contribution in [0.4, 0.5) is 4.79 Å². The number of hydrogen-bond acceptors (Lipinski definition) is 10. The van der Waals surface area contributed by atoms with Crippen LogP contribution < -0.4 is 21.3 Å². The van der Waals surface area contributed by atoms with Gasteiger partial charge < -0.3 is 45.6 Å². The molecule has 0 aliphatic rings. The van der Waals surface area contributed by atoms with E-state index in [0.29, 0.717) is 12.8 Å². The average molecular weight is 774 g/mol. The minimum absolute atomic E-state index is 0.109. The van der Waals surface area contributed by atoms with Gasteiger partial charge in [0, 0.05) is 42.9 Å². The summed E-state index contributed by atoms with van der Waals surface area (Å²) >= 11 is 0. The Kier molecular flexibility index (Phi) is 17.2. The topological polar surface area (TPSA) is 231 Å². The fourth-order valence-electron chi connectivity index (χ4n) is 5.28. The molecule has 1 aromatic heterocycles. The molecular formula is C39H59N5O11. The lowest BCUT2D eigenvalue weighted by molar-refractivity contribution is -0.159. The molecule has 0 saturated heterocycles. The Morgan fingerprint density at radius 2 is 1.25 bits per heavy atom. The molecule has 16 heteroatoms. The molecule has 0 radical (unpaired) electrons. The van der Waals surface area contributed by atoms with Gasteiger partial charge in [-0.15, -0.1) is 0 Å². The molecular weight excluding hydrogens is 714 g/mol. The van der Waals surface area contributed by atoms with Crippen LogP contribution in [0, 0.1) is 0 Å². The maximum absolute atomic E-state index is 13.3. The second-order valence-electron chi connectivity index (χ2n) is 16.3. The number of nitrogens with one attached hydrogen (secondary N) is 5. The van der Waals surface area contributed by atoms with Crippen LogP contribution in [0.1, 0.15) is 113 Å². The van der Waals surface area contributed by atoms with Gasteiger partial charge in [0.15, 0.2) is 0 Å². The van der Waals surface area contributed by atoms with Gasteiger partial charge in [-0.3, -0.25) is 19.2 Å². The fraction of sp³-hybridized carbons (Fsp3) is 0.615. The Hall–Kier alpha value is -5.15. The number of carbonyl (C=O) groups excluding carboxylic acids is 6. The molecule has 2 rings (SSSR count). The first-order chi connectivity index (χ1) is 25.4. The summed E-state index contributed by atoms with van der Waals surface area (Å²) in [6, 6.07) is 3.28. The van der Waals surface area contributed by atoms with Crippen LogP contribution in [-0.4, -0.2) is 93.3 Å². The van der Waals surface area contributed by atoms with E-state index in [2.05, 4.69) is 26.3 Å². The summed E-state index contributed by atoms with van der Waals surface area (Å²) in [6.07, 6.45) is 1.76. The summed E-state index contributed by atoms with van der Waals surface area (Å²) < 4.78 is 16.3. The summed E-state index contributed by atoms with van der Waals surface area (Å²) in [4.78, 5) is 91.9. The lowest BCUT2D eigenvalue weighted by Gasteiger charge is -2.27. The minimum atomic E-state index is -1.23. The standard InChI is InChI=1S/C39H59N5O11/c1-37(2,3)53-32(48)20-17-28(35(51)55-39(7,8)9)44-36(52)43-27(34(50)54-38(4,5)6)16-12-13-21-40-33(49)29(42-30(45)18-19-31(46)47)22-24-23-41-26-15-11-10-14-25(24)26/h10-11,14-15,23,27-29,41H,12-13,16-22H2,1-9H3,(H,40,49)(H,42,45)(H,46,47)(H2,43,44,52)/t27-,28-,29+/m0/s1. The molecule has 4 amide bonds. The number of urea groups is 1. The van der Waals surface area contributed by atoms with Gasteiger partial charge in [-0.2, -0.15) is 0 Å². The number of benzene rings is 1. The molecule has 3 atom stereocenters. The SMILES string of the molecule is CC(C)(C)OC(=O)CC[C@H](NC(=O)N[C@@H](CCCCNC(=O)[C@@H](Cc1c[nH]c2ccccc12)NC(=O)CCC(=O)O)C(=O)OC(C)(C)C)C(=O)OC(C)(C)C. The van der Waals surface area contributed by atoms with Gasteiger partial charge in [0.05, 0.1) is 6.42 Å². The molecule has 0 aliphatic heterocycles. The van der Waals surface area contributed by atoms with Crippen molar-refractivity contribution in [1.82, 2.24) is 26.3 Å². The van der Waals surface area contributed by atoms with E-state index in [0.717, 1.165) is 16.5 Å². The van der Waals surface area contributed by atoms with Crippen molar-refractivity contribution < 1.29 is 52.9 Å². The third kappa shape index (κ3) is 18.6. The van der Waals surface area contributed by atoms with E-state index in [1.165, 1.54) is 0 Å². The lowest BCUT2D eigenvalue weighted by Crippen LogP contribution is -2.53. The van der Waals surface area contributed by atoms with E-state index >= 15 is 0 Å². The van der Waals surface area contributed by atoms with E-state index in [-0.39, 0.29) is 45.1 Å². The summed E-state index contributed by atoms with van der Waals surface area (Å²) in [7, 11) is 0. The zero-order valence-corrected chi connectivity index (χ0v) is 33.5. The number of aromatic nitrogens is 1. The number of fused-ring (bicyclic) bond motifs is 1. The molecule has 0 bridgehead atoms. The second-order valence-corrected chi connectivity index (χ2v) is 16.3. The lowest BCUT2D eigenvalue weighted by atomic mass is 10.0. The molecule has 16 nitrogen and oxygen atoms in total. The molecule has 55 heavy (non-hydrogen) atoms. The molecule has 2 aromatic rings. The summed E-state index contributed by atoms with van der Waals surface area (Å²) in [5, 5.41) is 20.4. The number of carbonyl (C=O) groups is 7. The molecule has 1 heterocycles. The van der Waals surface area contributed by atoms with Gasteiger partial charge in [0.1, 0.15) is 34.9 Å². The van der Waals surface area contributed by atoms with Gasteiger partial charge in [-0.05, 0) is 99.6 Å². The van der Waals surface area contributed by atoms with E-state index < -0.39 is 76.7 Å². The minimum Gasteiger partial charge on any atom is -0.481 e. The molecule has 1 aromatic carbocycles. The van der Waals surface area contributed by atoms with Gasteiger partial charge >= 0.3 is 29.9 Å². The molecule has 0 unspecified atom stereocenters. The molecule has 0 spiro atoms. The van der Waals surface area contributed by atoms with Crippen molar-refractivity contribution in [2.24, 2.45) is 0 Å². The predicted octanol–water partition coefficient (Wildman–Crippen LogP) is 4.19. The van der Waals surface area contributed by atoms with Crippen molar-refractivity contribution in [3.05, 3.63) is 36.0 Å². The first-order valence-corrected chi connectivity index (χ1v) is 18.5. The number of H-pyrrole nitrogens is 1. The zero-order chi connectivity index (χ0) is 41.6. The Balaban J connectivity index is 2.09. The van der Waals surface area contributed by atoms with Crippen molar-refractivity contribution in [2.75, 3.05) is 6.54 Å². The normalized spacial score (nSPS) is 13.5. The van der Waals surface area contributed by atoms with Crippen molar-refractivity contribution in [3.8, 4) is 0 Å². The number of carboxylic acid groups (broad SMARTS) is 1. The first-order valence-electron chi connectivity index (χ1n) is 18.5. The monoisotopic (exact) mass is 773 g/mol. The maximum Gasteiger partial charge on any atom is 0.329 e. The Morgan fingerprint density at radius 1 is 0.691 bits per heavy atom. The van der Waals surface area contributed by atoms with Crippen molar-refractivity contribution >= 4 is 52.6 Å². The first kappa shape index (κ1) is 46.0. The van der Waals surface area contributed by atoms with Crippen molar-refractivity contribution in [2.45, 2.75) is 149 Å². The van der Waals surface area contributed by atoms with Gasteiger partial charge in [0.25, 0.3) is 0 Å². The highest BCUT2D eigenvalue weighted by molar-refractivity contribution is 5.90. The quantitative estimate of drug-likeness (QED) is 0.0673. The van der Waals surface area contributed by atoms with Crippen LogP contribution >= 0.6 is 0 Å². The number of rotatable bonds is 19. The number of aliphatic carboxylic acids is 1. The Morgan fingerprint density at radius 3 is 1.82 bits per heavy atom. The smallest absolute Gasteiger partial charge is 0.329 e. The van der Waals surface area contributed by atoms with Gasteiger partial charge in [-0.25, -0.2) is 14.4 Å². The highest BCUT2D eigenvalue weighted by Crippen LogP contribution is 2.20. The zero-order valence-electron chi connectivity index (χ0n) is 33.5. The number of para-hydroxylation sites is 1. The third-order valence-corrected chi connectivity index (χ3v) is 7.59. The fourth-order valence-corrected chi connectivity index (χ4v) is 5.28. The highest BCUT2D eigenvalue weighted by atomic mass is 16.6. The van der Waals surface area contributed by atoms with Crippen LogP contribution in [-0.2, 0) is 49.4 Å². The van der Waals surface area contributed by atoms with Crippen LogP contribution in [0.15, 0.2) is 30.5 Å². The molecule has 0 saturated carbocycles. The number of unbranched alkanes of at least 4 members (excludes halogenated alkanes) is 1. The molecule has 0 fully saturated rings. The largest absolute Gasteiger partial charge is 0.481 e. The molecule has 6 N–H and O–H groups in total. The van der Waals surface area contributed by atoms with Crippen molar-refractivity contribution in [1.29, 1.82) is 0 Å². The Bertz CT molecular complexity index is 1650. The second kappa shape index (κ2) is 20.5. The van der Waals surface area contributed by atoms with E-state index in [4.69, 9.17) is 19.3 Å². The van der Waals surface area contributed by atoms with Gasteiger partial charge in [0.2, 0.25) is 11.8 Å². The van der Waals surface area contributed by atoms with Crippen LogP contribution in [0.25, 0.3) is 10.9 Å². The summed E-state index contributed by atoms with van der Waals surface area (Å²) in [5.74, 6) is -4.23. The number of amides is 4. The third-order valence-electron chi connectivity index (χ3n) is 7.59. The van der Waals surface area contributed by atoms with Crippen molar-refractivity contribution in [3.63, 3.8) is 0 Å². The maximum atomic E-state index is 13.3.